The summed E-state index contributed by atoms with van der Waals surface area (Å²) in [7, 11) is 0. The molecular formula is C6H5F9O2S. The van der Waals surface area contributed by atoms with E-state index >= 15 is 0 Å². The summed E-state index contributed by atoms with van der Waals surface area (Å²) < 4.78 is 127. The minimum absolute atomic E-state index is 1.57. The monoisotopic (exact) mass is 314 g/mol. The molecule has 0 aromatic rings. The first-order valence-electron chi connectivity index (χ1n) is 3.94. The summed E-state index contributed by atoms with van der Waals surface area (Å²) in [5.41, 5.74) is 0. The highest BCUT2D eigenvalue weighted by Crippen LogP contribution is 2.53. The molecular weight excluding hydrogens is 309 g/mol. The van der Waals surface area contributed by atoms with E-state index in [4.69, 9.17) is 4.55 Å². The lowest BCUT2D eigenvalue weighted by atomic mass is 10.1. The fraction of sp³-hybridized carbons (Fsp3) is 1.00. The van der Waals surface area contributed by atoms with Crippen LogP contribution >= 0.6 is 0 Å². The van der Waals surface area contributed by atoms with Crippen LogP contribution in [-0.2, 0) is 11.1 Å². The maximum absolute atomic E-state index is 12.6. The number of hydrogen-bond acceptors (Lipinski definition) is 1. The number of hydrogen-bond donors (Lipinski definition) is 1. The van der Waals surface area contributed by atoms with Crippen molar-refractivity contribution < 1.29 is 48.3 Å². The van der Waals surface area contributed by atoms with E-state index in [2.05, 4.69) is 0 Å². The van der Waals surface area contributed by atoms with Gasteiger partial charge < -0.3 is 4.55 Å². The van der Waals surface area contributed by atoms with Crippen LogP contribution in [0.25, 0.3) is 0 Å². The average Bonchev–Trinajstić information content (AvgIpc) is 2.12. The van der Waals surface area contributed by atoms with Crippen LogP contribution in [0.15, 0.2) is 0 Å². The Morgan fingerprint density at radius 1 is 0.833 bits per heavy atom. The molecule has 0 amide bonds. The summed E-state index contributed by atoms with van der Waals surface area (Å²) in [6.45, 7) is 0. The lowest BCUT2D eigenvalue weighted by Gasteiger charge is -2.33. The summed E-state index contributed by atoms with van der Waals surface area (Å²) in [5.74, 6) is -21.0. The Balaban J connectivity index is 5.29. The Morgan fingerprint density at radius 2 is 1.22 bits per heavy atom. The second kappa shape index (κ2) is 4.87. The molecule has 110 valence electrons. The SMILES string of the molecule is O=S(O)[13CH2][13CH2]C(F)(F)C(F)(F)C(F)(F)C(F)(F)F. The van der Waals surface area contributed by atoms with Gasteiger partial charge in [-0.3, -0.25) is 0 Å². The van der Waals surface area contributed by atoms with Crippen molar-refractivity contribution in [1.82, 2.24) is 0 Å². The highest BCUT2D eigenvalue weighted by Gasteiger charge is 2.81. The molecule has 0 radical (unpaired) electrons. The van der Waals surface area contributed by atoms with Gasteiger partial charge in [-0.05, 0) is 0 Å². The standard InChI is InChI=1S/C6H5F9O2S/c7-3(8,1-2-18(16)17)4(9,10)5(11,12)6(13,14)15/h1-2H2,(H,16,17)/i1+1,2+1. The molecule has 1 atom stereocenters. The van der Waals surface area contributed by atoms with Crippen molar-refractivity contribution in [2.45, 2.75) is 30.4 Å². The molecule has 0 aliphatic heterocycles. The zero-order valence-corrected chi connectivity index (χ0v) is 8.90. The Morgan fingerprint density at radius 3 is 1.50 bits per heavy atom. The van der Waals surface area contributed by atoms with Gasteiger partial charge in [-0.2, -0.15) is 39.5 Å². The quantitative estimate of drug-likeness (QED) is 0.481. The predicted molar refractivity (Wildman–Crippen MR) is 41.2 cm³/mol. The van der Waals surface area contributed by atoms with Gasteiger partial charge in [0.2, 0.25) is 0 Å². The van der Waals surface area contributed by atoms with Crippen LogP contribution in [0.4, 0.5) is 39.5 Å². The number of rotatable bonds is 5. The van der Waals surface area contributed by atoms with Gasteiger partial charge in [-0.15, -0.1) is 0 Å². The lowest BCUT2D eigenvalue weighted by molar-refractivity contribution is -0.396. The lowest BCUT2D eigenvalue weighted by Crippen LogP contribution is -2.61. The summed E-state index contributed by atoms with van der Waals surface area (Å²) in [6.07, 6.45) is -9.17. The van der Waals surface area contributed by atoms with Gasteiger partial charge in [0.1, 0.15) is 0 Å². The largest absolute Gasteiger partial charge is 0.460 e. The molecule has 0 spiro atoms. The Bertz CT molecular complexity index is 324. The van der Waals surface area contributed by atoms with Crippen LogP contribution < -0.4 is 0 Å². The third kappa shape index (κ3) is 3.08. The zero-order chi connectivity index (χ0) is 15.0. The van der Waals surface area contributed by atoms with Crippen molar-refractivity contribution in [3.05, 3.63) is 0 Å². The van der Waals surface area contributed by atoms with Crippen LogP contribution in [0.1, 0.15) is 6.42 Å². The molecule has 0 aromatic carbocycles. The molecule has 0 saturated heterocycles. The molecule has 2 nitrogen and oxygen atoms in total. The molecule has 18 heavy (non-hydrogen) atoms. The van der Waals surface area contributed by atoms with Gasteiger partial charge in [0.25, 0.3) is 0 Å². The molecule has 0 bridgehead atoms. The number of halogens is 9. The van der Waals surface area contributed by atoms with Crippen LogP contribution in [0.3, 0.4) is 0 Å². The molecule has 0 aromatic heterocycles. The van der Waals surface area contributed by atoms with E-state index < -0.39 is 47.2 Å². The smallest absolute Gasteiger partial charge is 0.306 e. The zero-order valence-electron chi connectivity index (χ0n) is 8.08. The third-order valence-electron chi connectivity index (χ3n) is 1.80. The molecule has 0 saturated carbocycles. The summed E-state index contributed by atoms with van der Waals surface area (Å²) >= 11 is -3.03. The van der Waals surface area contributed by atoms with Crippen molar-refractivity contribution >= 4 is 11.1 Å². The van der Waals surface area contributed by atoms with E-state index in [0.717, 1.165) is 0 Å². The van der Waals surface area contributed by atoms with Crippen molar-refractivity contribution in [3.8, 4) is 0 Å². The van der Waals surface area contributed by atoms with Crippen molar-refractivity contribution in [3.63, 3.8) is 0 Å². The van der Waals surface area contributed by atoms with E-state index in [1.165, 1.54) is 0 Å². The summed E-state index contributed by atoms with van der Waals surface area (Å²) in [4.78, 5) is 0. The molecule has 0 fully saturated rings. The molecule has 0 aliphatic rings. The highest BCUT2D eigenvalue weighted by atomic mass is 32.2. The molecule has 0 heterocycles. The topological polar surface area (TPSA) is 37.3 Å². The average molecular weight is 314 g/mol. The third-order valence-corrected chi connectivity index (χ3v) is 2.35. The summed E-state index contributed by atoms with van der Waals surface area (Å²) in [6, 6.07) is 0. The first kappa shape index (κ1) is 17.5. The van der Waals surface area contributed by atoms with Gasteiger partial charge in [0.05, 0.1) is 5.75 Å². The highest BCUT2D eigenvalue weighted by molar-refractivity contribution is 7.79. The summed E-state index contributed by atoms with van der Waals surface area (Å²) in [5, 5.41) is 0. The second-order valence-electron chi connectivity index (χ2n) is 3.13. The van der Waals surface area contributed by atoms with Crippen LogP contribution in [0, 0.1) is 0 Å². The van der Waals surface area contributed by atoms with E-state index in [1.54, 1.807) is 0 Å². The molecule has 1 N–H and O–H groups in total. The maximum atomic E-state index is 12.6. The van der Waals surface area contributed by atoms with Crippen LogP contribution in [0.5, 0.6) is 0 Å². The first-order valence-corrected chi connectivity index (χ1v) is 5.22. The normalized spacial score (nSPS) is 16.8. The molecule has 0 rings (SSSR count). The van der Waals surface area contributed by atoms with Gasteiger partial charge in [-0.25, -0.2) is 4.21 Å². The van der Waals surface area contributed by atoms with Gasteiger partial charge >= 0.3 is 23.9 Å². The van der Waals surface area contributed by atoms with Crippen LogP contribution in [0.2, 0.25) is 0 Å². The van der Waals surface area contributed by atoms with Crippen molar-refractivity contribution in [2.75, 3.05) is 5.75 Å². The fourth-order valence-electron chi connectivity index (χ4n) is 0.780. The van der Waals surface area contributed by atoms with E-state index in [0.29, 0.717) is 0 Å². The minimum atomic E-state index is -6.96. The van der Waals surface area contributed by atoms with Gasteiger partial charge in [-0.1, -0.05) is 0 Å². The van der Waals surface area contributed by atoms with Gasteiger partial charge in [0, 0.05) is 6.42 Å². The van der Waals surface area contributed by atoms with Crippen molar-refractivity contribution in [1.29, 1.82) is 0 Å². The molecule has 1 unspecified atom stereocenters. The molecule has 12 heteroatoms. The predicted octanol–water partition coefficient (Wildman–Crippen LogP) is 3.07. The second-order valence-corrected chi connectivity index (χ2v) is 4.18. The Hall–Kier alpha value is -0.520. The minimum Gasteiger partial charge on any atom is -0.306 e. The van der Waals surface area contributed by atoms with Gasteiger partial charge in [0.15, 0.2) is 11.1 Å². The first-order chi connectivity index (χ1) is 7.67. The Kier molecular flexibility index (Phi) is 4.73. The Labute approximate surface area is 96.4 Å². The maximum Gasteiger partial charge on any atom is 0.460 e. The molecule has 0 aliphatic carbocycles. The van der Waals surface area contributed by atoms with E-state index in [-0.39, 0.29) is 0 Å². The van der Waals surface area contributed by atoms with Crippen molar-refractivity contribution in [2.24, 2.45) is 0 Å². The van der Waals surface area contributed by atoms with Crippen LogP contribution in [-0.4, -0.2) is 38.5 Å². The fourth-order valence-corrected chi connectivity index (χ4v) is 1.21. The number of alkyl halides is 9. The van der Waals surface area contributed by atoms with E-state index in [1.807, 2.05) is 0 Å². The van der Waals surface area contributed by atoms with E-state index in [9.17, 15) is 43.7 Å².